The van der Waals surface area contributed by atoms with Crippen molar-refractivity contribution in [2.45, 2.75) is 12.7 Å². The number of nitrogens with one attached hydrogen (secondary N) is 2. The molecule has 0 aromatic heterocycles. The van der Waals surface area contributed by atoms with E-state index in [-0.39, 0.29) is 0 Å². The average molecular weight is 261 g/mol. The van der Waals surface area contributed by atoms with Crippen molar-refractivity contribution in [2.75, 3.05) is 26.0 Å². The molecule has 1 aromatic carbocycles. The molecule has 2 N–H and O–H groups in total. The lowest BCUT2D eigenvalue weighted by molar-refractivity contribution is 0.118. The summed E-state index contributed by atoms with van der Waals surface area (Å²) in [5.74, 6) is -0.653. The molecule has 1 atom stereocenters. The minimum atomic E-state index is -0.653. The van der Waals surface area contributed by atoms with Crippen molar-refractivity contribution in [1.82, 2.24) is 16.0 Å². The molecule has 0 bridgehead atoms. The number of rotatable bonds is 4. The Kier molecular flexibility index (Phi) is 3.66. The van der Waals surface area contributed by atoms with Gasteiger partial charge in [-0.15, -0.1) is 5.11 Å². The van der Waals surface area contributed by atoms with E-state index in [4.69, 9.17) is 0 Å². The van der Waals surface area contributed by atoms with Crippen molar-refractivity contribution in [2.24, 2.45) is 15.4 Å². The zero-order chi connectivity index (χ0) is 13.9. The monoisotopic (exact) mass is 261 g/mol. The zero-order valence-corrected chi connectivity index (χ0v) is 11.6. The van der Waals surface area contributed by atoms with Gasteiger partial charge in [0.25, 0.3) is 0 Å². The maximum atomic E-state index is 4.36. The number of hydrazone groups is 1. The molecule has 0 saturated heterocycles. The van der Waals surface area contributed by atoms with E-state index >= 15 is 0 Å². The van der Waals surface area contributed by atoms with Crippen molar-refractivity contribution in [3.05, 3.63) is 29.8 Å². The second kappa shape index (κ2) is 5.23. The lowest BCUT2D eigenvalue weighted by Crippen LogP contribution is -2.51. The summed E-state index contributed by atoms with van der Waals surface area (Å²) in [5.41, 5.74) is 7.71. The van der Waals surface area contributed by atoms with E-state index < -0.39 is 5.79 Å². The second-order valence-corrected chi connectivity index (χ2v) is 4.71. The first-order valence-corrected chi connectivity index (χ1v) is 6.00. The molecule has 1 heterocycles. The largest absolute Gasteiger partial charge is 0.378 e. The van der Waals surface area contributed by atoms with Crippen LogP contribution in [0, 0.1) is 0 Å². The van der Waals surface area contributed by atoms with Gasteiger partial charge in [0.2, 0.25) is 5.79 Å². The highest BCUT2D eigenvalue weighted by Gasteiger charge is 2.31. The van der Waals surface area contributed by atoms with Gasteiger partial charge in [-0.1, -0.05) is 17.4 Å². The van der Waals surface area contributed by atoms with Crippen molar-refractivity contribution in [1.29, 1.82) is 0 Å². The average Bonchev–Trinajstić information content (AvgIpc) is 2.84. The normalized spacial score (nSPS) is 21.7. The van der Waals surface area contributed by atoms with Crippen molar-refractivity contribution in [3.8, 4) is 0 Å². The van der Waals surface area contributed by atoms with Crippen molar-refractivity contribution < 1.29 is 0 Å². The Morgan fingerprint density at radius 2 is 1.89 bits per heavy atom. The van der Waals surface area contributed by atoms with E-state index in [0.717, 1.165) is 11.3 Å². The molecular weight excluding hydrogens is 242 g/mol. The Morgan fingerprint density at radius 3 is 2.42 bits per heavy atom. The standard InChI is InChI=1S/C12H19N7/c1-12(14-16-17-15-12)19(4)13-9-10-5-7-11(8-6-10)18(2)3/h5-9H,1-4H3,(H,14,17)(H,15,16)/b13-9+. The molecule has 0 fully saturated rings. The van der Waals surface area contributed by atoms with Gasteiger partial charge < -0.3 is 4.90 Å². The summed E-state index contributed by atoms with van der Waals surface area (Å²) in [4.78, 5) is 2.06. The smallest absolute Gasteiger partial charge is 0.237 e. The summed E-state index contributed by atoms with van der Waals surface area (Å²) in [6.07, 6.45) is 1.79. The summed E-state index contributed by atoms with van der Waals surface area (Å²) < 4.78 is 0. The number of nitrogens with zero attached hydrogens (tertiary/aromatic N) is 5. The first-order chi connectivity index (χ1) is 9.01. The van der Waals surface area contributed by atoms with Crippen LogP contribution in [0.15, 0.2) is 39.7 Å². The van der Waals surface area contributed by atoms with Crippen molar-refractivity contribution >= 4 is 11.9 Å². The summed E-state index contributed by atoms with van der Waals surface area (Å²) in [5, 5.41) is 13.8. The third-order valence-electron chi connectivity index (χ3n) is 3.01. The van der Waals surface area contributed by atoms with Crippen LogP contribution in [0.5, 0.6) is 0 Å². The number of hydrogen-bond acceptors (Lipinski definition) is 7. The Balaban J connectivity index is 2.04. The minimum Gasteiger partial charge on any atom is -0.378 e. The van der Waals surface area contributed by atoms with Crippen molar-refractivity contribution in [3.63, 3.8) is 0 Å². The summed E-state index contributed by atoms with van der Waals surface area (Å²) >= 11 is 0. The molecule has 0 radical (unpaired) electrons. The summed E-state index contributed by atoms with van der Waals surface area (Å²) in [6.45, 7) is 1.88. The maximum absolute atomic E-state index is 4.36. The first-order valence-electron chi connectivity index (χ1n) is 6.00. The predicted molar refractivity (Wildman–Crippen MR) is 75.7 cm³/mol. The fourth-order valence-electron chi connectivity index (χ4n) is 1.55. The fourth-order valence-corrected chi connectivity index (χ4v) is 1.55. The lowest BCUT2D eigenvalue weighted by atomic mass is 10.2. The Labute approximate surface area is 112 Å². The topological polar surface area (TPSA) is 67.6 Å². The van der Waals surface area contributed by atoms with Crippen LogP contribution in [-0.4, -0.2) is 38.2 Å². The predicted octanol–water partition coefficient (Wildman–Crippen LogP) is 1.17. The van der Waals surface area contributed by atoms with E-state index in [1.807, 2.05) is 40.2 Å². The SMILES string of the molecule is CN(C)c1ccc(/C=N/N(C)C2(C)N=NNN2)cc1. The highest BCUT2D eigenvalue weighted by Crippen LogP contribution is 2.15. The minimum absolute atomic E-state index is 0.653. The molecule has 1 unspecified atom stereocenters. The van der Waals surface area contributed by atoms with Crippen LogP contribution >= 0.6 is 0 Å². The third kappa shape index (κ3) is 3.00. The van der Waals surface area contributed by atoms with Gasteiger partial charge in [0.1, 0.15) is 0 Å². The molecule has 7 heteroatoms. The van der Waals surface area contributed by atoms with Gasteiger partial charge in [-0.05, 0) is 24.6 Å². The van der Waals surface area contributed by atoms with Crippen LogP contribution in [0.4, 0.5) is 5.69 Å². The molecule has 1 aliphatic heterocycles. The molecule has 7 nitrogen and oxygen atoms in total. The van der Waals surface area contributed by atoms with Gasteiger partial charge in [-0.3, -0.25) is 5.01 Å². The van der Waals surface area contributed by atoms with Crippen LogP contribution in [0.1, 0.15) is 12.5 Å². The van der Waals surface area contributed by atoms with Crippen LogP contribution in [0.3, 0.4) is 0 Å². The van der Waals surface area contributed by atoms with E-state index in [2.05, 4.69) is 43.4 Å². The Bertz CT molecular complexity index is 479. The number of benzene rings is 1. The highest BCUT2D eigenvalue weighted by atomic mass is 15.8. The quantitative estimate of drug-likeness (QED) is 0.630. The number of anilines is 1. The number of hydrazine groups is 1. The molecular formula is C12H19N7. The van der Waals surface area contributed by atoms with E-state index in [1.165, 1.54) is 0 Å². The highest BCUT2D eigenvalue weighted by molar-refractivity contribution is 5.80. The Morgan fingerprint density at radius 1 is 1.21 bits per heavy atom. The van der Waals surface area contributed by atoms with Gasteiger partial charge in [0, 0.05) is 26.8 Å². The summed E-state index contributed by atoms with van der Waals surface area (Å²) in [7, 11) is 5.87. The zero-order valence-electron chi connectivity index (χ0n) is 11.6. The van der Waals surface area contributed by atoms with Gasteiger partial charge in [0.15, 0.2) is 0 Å². The van der Waals surface area contributed by atoms with E-state index in [9.17, 15) is 0 Å². The molecule has 0 aliphatic carbocycles. The van der Waals surface area contributed by atoms with Crippen LogP contribution in [0.2, 0.25) is 0 Å². The van der Waals surface area contributed by atoms with E-state index in [0.29, 0.717) is 0 Å². The van der Waals surface area contributed by atoms with Crippen LogP contribution in [0.25, 0.3) is 0 Å². The van der Waals surface area contributed by atoms with Crippen LogP contribution in [-0.2, 0) is 0 Å². The lowest BCUT2D eigenvalue weighted by Gasteiger charge is -2.27. The molecule has 1 aliphatic rings. The molecule has 19 heavy (non-hydrogen) atoms. The molecule has 0 spiro atoms. The molecule has 102 valence electrons. The third-order valence-corrected chi connectivity index (χ3v) is 3.01. The van der Waals surface area contributed by atoms with Gasteiger partial charge in [-0.25, -0.2) is 5.53 Å². The van der Waals surface area contributed by atoms with Gasteiger partial charge >= 0.3 is 0 Å². The summed E-state index contributed by atoms with van der Waals surface area (Å²) in [6, 6.07) is 8.16. The van der Waals surface area contributed by atoms with Gasteiger partial charge in [-0.2, -0.15) is 10.5 Å². The molecule has 1 aromatic rings. The second-order valence-electron chi connectivity index (χ2n) is 4.71. The maximum Gasteiger partial charge on any atom is 0.237 e. The van der Waals surface area contributed by atoms with Crippen LogP contribution < -0.4 is 15.9 Å². The van der Waals surface area contributed by atoms with Gasteiger partial charge in [0.05, 0.1) is 6.21 Å². The molecule has 0 amide bonds. The fraction of sp³-hybridized carbons (Fsp3) is 0.417. The van der Waals surface area contributed by atoms with E-state index in [1.54, 1.807) is 11.2 Å². The molecule has 0 saturated carbocycles. The first kappa shape index (κ1) is 13.3. The number of hydrogen-bond donors (Lipinski definition) is 2. The Hall–Kier alpha value is -2.15. The molecule has 2 rings (SSSR count).